The third-order valence-electron chi connectivity index (χ3n) is 4.33. The van der Waals surface area contributed by atoms with Gasteiger partial charge in [-0.1, -0.05) is 13.0 Å². The van der Waals surface area contributed by atoms with Gasteiger partial charge >= 0.3 is 5.97 Å². The Hall–Kier alpha value is -2.29. The third-order valence-corrected chi connectivity index (χ3v) is 4.33. The normalized spacial score (nSPS) is 11.5. The molecule has 0 spiro atoms. The van der Waals surface area contributed by atoms with Gasteiger partial charge in [0.05, 0.1) is 5.41 Å². The van der Waals surface area contributed by atoms with Crippen LogP contribution in [0.5, 0.6) is 11.5 Å². The number of allylic oxidation sites excluding steroid dienone is 1. The molecular weight excluding hydrogens is 288 g/mol. The molecule has 2 rings (SSSR count). The number of carbonyl (C=O) groups excluding carboxylic acids is 1. The van der Waals surface area contributed by atoms with Gasteiger partial charge in [-0.2, -0.15) is 0 Å². The standard InChI is InChI=1S/C20H24O3/c1-6-8-14-10-15-9-13(3)18(12-16(15)11-17(14)21)23-19(22)20(4,5)7-2/h6,9-12,21H,1,7-8H2,2-5H3. The summed E-state index contributed by atoms with van der Waals surface area (Å²) >= 11 is 0. The molecule has 0 fully saturated rings. The van der Waals surface area contributed by atoms with Crippen molar-refractivity contribution in [2.75, 3.05) is 0 Å². The molecule has 23 heavy (non-hydrogen) atoms. The van der Waals surface area contributed by atoms with Crippen LogP contribution in [0.4, 0.5) is 0 Å². The highest BCUT2D eigenvalue weighted by Crippen LogP contribution is 2.32. The van der Waals surface area contributed by atoms with Crippen LogP contribution in [-0.2, 0) is 11.2 Å². The Labute approximate surface area is 137 Å². The van der Waals surface area contributed by atoms with Crippen molar-refractivity contribution >= 4 is 16.7 Å². The molecule has 0 heterocycles. The zero-order chi connectivity index (χ0) is 17.2. The molecule has 0 aliphatic rings. The van der Waals surface area contributed by atoms with E-state index >= 15 is 0 Å². The van der Waals surface area contributed by atoms with Gasteiger partial charge in [0, 0.05) is 0 Å². The summed E-state index contributed by atoms with van der Waals surface area (Å²) in [5, 5.41) is 11.9. The van der Waals surface area contributed by atoms with Crippen LogP contribution < -0.4 is 4.74 Å². The first-order valence-corrected chi connectivity index (χ1v) is 7.88. The minimum atomic E-state index is -0.517. The molecule has 0 saturated carbocycles. The fourth-order valence-corrected chi connectivity index (χ4v) is 2.29. The maximum absolute atomic E-state index is 12.3. The Morgan fingerprint density at radius 3 is 2.52 bits per heavy atom. The number of aryl methyl sites for hydroxylation is 1. The number of rotatable bonds is 5. The predicted octanol–water partition coefficient (Wildman–Crippen LogP) is 4.92. The number of carbonyl (C=O) groups is 1. The smallest absolute Gasteiger partial charge is 0.316 e. The highest BCUT2D eigenvalue weighted by atomic mass is 16.5. The van der Waals surface area contributed by atoms with Crippen LogP contribution in [0.15, 0.2) is 36.9 Å². The van der Waals surface area contributed by atoms with E-state index in [0.29, 0.717) is 18.6 Å². The molecule has 0 bridgehead atoms. The monoisotopic (exact) mass is 312 g/mol. The van der Waals surface area contributed by atoms with Gasteiger partial charge in [0.2, 0.25) is 0 Å². The summed E-state index contributed by atoms with van der Waals surface area (Å²) in [6.45, 7) is 11.3. The summed E-state index contributed by atoms with van der Waals surface area (Å²) in [5.41, 5.74) is 1.22. The van der Waals surface area contributed by atoms with Gasteiger partial charge in [-0.3, -0.25) is 4.79 Å². The molecule has 2 aromatic rings. The molecule has 3 heteroatoms. The van der Waals surface area contributed by atoms with E-state index in [9.17, 15) is 9.90 Å². The molecule has 2 aromatic carbocycles. The number of fused-ring (bicyclic) bond motifs is 1. The number of ether oxygens (including phenoxy) is 1. The quantitative estimate of drug-likeness (QED) is 0.484. The Bertz CT molecular complexity index is 757. The van der Waals surface area contributed by atoms with E-state index in [2.05, 4.69) is 6.58 Å². The van der Waals surface area contributed by atoms with Gasteiger partial charge in [0.15, 0.2) is 0 Å². The van der Waals surface area contributed by atoms with E-state index in [4.69, 9.17) is 4.74 Å². The van der Waals surface area contributed by atoms with Crippen LogP contribution in [0.2, 0.25) is 0 Å². The number of benzene rings is 2. The van der Waals surface area contributed by atoms with Crippen LogP contribution in [-0.4, -0.2) is 11.1 Å². The number of phenolic OH excluding ortho intramolecular Hbond substituents is 1. The van der Waals surface area contributed by atoms with Crippen molar-refractivity contribution in [1.82, 2.24) is 0 Å². The average molecular weight is 312 g/mol. The van der Waals surface area contributed by atoms with Gasteiger partial charge in [-0.25, -0.2) is 0 Å². The van der Waals surface area contributed by atoms with Crippen LogP contribution in [0.25, 0.3) is 10.8 Å². The molecule has 0 aliphatic carbocycles. The SMILES string of the molecule is C=CCc1cc2cc(C)c(OC(=O)C(C)(C)CC)cc2cc1O. The Morgan fingerprint density at radius 1 is 1.26 bits per heavy atom. The number of esters is 1. The molecule has 0 amide bonds. The van der Waals surface area contributed by atoms with Crippen molar-refractivity contribution in [2.24, 2.45) is 5.41 Å². The third kappa shape index (κ3) is 3.55. The van der Waals surface area contributed by atoms with Crippen molar-refractivity contribution in [1.29, 1.82) is 0 Å². The minimum absolute atomic E-state index is 0.229. The van der Waals surface area contributed by atoms with E-state index in [-0.39, 0.29) is 11.7 Å². The minimum Gasteiger partial charge on any atom is -0.508 e. The largest absolute Gasteiger partial charge is 0.508 e. The van der Waals surface area contributed by atoms with Crippen molar-refractivity contribution < 1.29 is 14.6 Å². The molecule has 0 unspecified atom stereocenters. The summed E-state index contributed by atoms with van der Waals surface area (Å²) in [6, 6.07) is 7.44. The second-order valence-electron chi connectivity index (χ2n) is 6.57. The maximum Gasteiger partial charge on any atom is 0.316 e. The van der Waals surface area contributed by atoms with Crippen molar-refractivity contribution in [3.05, 3.63) is 48.0 Å². The lowest BCUT2D eigenvalue weighted by atomic mass is 9.90. The first-order chi connectivity index (χ1) is 10.8. The van der Waals surface area contributed by atoms with Gasteiger partial charge in [0.1, 0.15) is 11.5 Å². The van der Waals surface area contributed by atoms with E-state index in [1.807, 2.05) is 45.9 Å². The summed E-state index contributed by atoms with van der Waals surface area (Å²) in [4.78, 5) is 12.3. The highest BCUT2D eigenvalue weighted by molar-refractivity contribution is 5.88. The fourth-order valence-electron chi connectivity index (χ4n) is 2.29. The summed E-state index contributed by atoms with van der Waals surface area (Å²) in [6.07, 6.45) is 3.09. The topological polar surface area (TPSA) is 46.5 Å². The van der Waals surface area contributed by atoms with Gasteiger partial charge < -0.3 is 9.84 Å². The lowest BCUT2D eigenvalue weighted by Gasteiger charge is -2.21. The zero-order valence-corrected chi connectivity index (χ0v) is 14.3. The maximum atomic E-state index is 12.3. The molecule has 0 aliphatic heterocycles. The molecule has 3 nitrogen and oxygen atoms in total. The number of hydrogen-bond acceptors (Lipinski definition) is 3. The molecule has 122 valence electrons. The predicted molar refractivity (Wildman–Crippen MR) is 94.0 cm³/mol. The van der Waals surface area contributed by atoms with E-state index in [0.717, 1.165) is 21.9 Å². The van der Waals surface area contributed by atoms with Crippen LogP contribution in [0.3, 0.4) is 0 Å². The summed E-state index contributed by atoms with van der Waals surface area (Å²) in [7, 11) is 0. The lowest BCUT2D eigenvalue weighted by molar-refractivity contribution is -0.144. The zero-order valence-electron chi connectivity index (χ0n) is 14.3. The van der Waals surface area contributed by atoms with Gasteiger partial charge in [0.25, 0.3) is 0 Å². The number of phenols is 1. The molecule has 0 aromatic heterocycles. The van der Waals surface area contributed by atoms with Crippen molar-refractivity contribution in [3.8, 4) is 11.5 Å². The van der Waals surface area contributed by atoms with E-state index < -0.39 is 5.41 Å². The molecular formula is C20H24O3. The Balaban J connectivity index is 2.43. The van der Waals surface area contributed by atoms with Gasteiger partial charge in [-0.15, -0.1) is 6.58 Å². The number of aromatic hydroxyl groups is 1. The molecule has 0 saturated heterocycles. The average Bonchev–Trinajstić information content (AvgIpc) is 2.49. The second kappa shape index (κ2) is 6.45. The molecule has 0 atom stereocenters. The summed E-state index contributed by atoms with van der Waals surface area (Å²) in [5.74, 6) is 0.530. The second-order valence-corrected chi connectivity index (χ2v) is 6.57. The van der Waals surface area contributed by atoms with Crippen LogP contribution in [0, 0.1) is 12.3 Å². The van der Waals surface area contributed by atoms with Crippen LogP contribution in [0.1, 0.15) is 38.3 Å². The fraction of sp³-hybridized carbons (Fsp3) is 0.350. The summed E-state index contributed by atoms with van der Waals surface area (Å²) < 4.78 is 5.59. The molecule has 1 N–H and O–H groups in total. The van der Waals surface area contributed by atoms with Crippen molar-refractivity contribution in [3.63, 3.8) is 0 Å². The number of hydrogen-bond donors (Lipinski definition) is 1. The highest BCUT2D eigenvalue weighted by Gasteiger charge is 2.28. The van der Waals surface area contributed by atoms with Gasteiger partial charge in [-0.05, 0) is 79.8 Å². The van der Waals surface area contributed by atoms with E-state index in [1.54, 1.807) is 12.1 Å². The Kier molecular flexibility index (Phi) is 4.79. The lowest BCUT2D eigenvalue weighted by Crippen LogP contribution is -2.28. The molecule has 0 radical (unpaired) electrons. The van der Waals surface area contributed by atoms with Crippen LogP contribution >= 0.6 is 0 Å². The van der Waals surface area contributed by atoms with E-state index in [1.165, 1.54) is 0 Å². The first-order valence-electron chi connectivity index (χ1n) is 7.88. The Morgan fingerprint density at radius 2 is 1.91 bits per heavy atom. The first kappa shape index (κ1) is 17.1. The van der Waals surface area contributed by atoms with Crippen molar-refractivity contribution in [2.45, 2.75) is 40.5 Å².